The molecule has 8 heteroatoms. The lowest BCUT2D eigenvalue weighted by molar-refractivity contribution is -0.141. The van der Waals surface area contributed by atoms with Gasteiger partial charge in [-0.25, -0.2) is 0 Å². The number of likely N-dealkylation sites (N-methyl/N-ethyl adjacent to an activating group) is 2. The van der Waals surface area contributed by atoms with E-state index in [9.17, 15) is 22.8 Å². The van der Waals surface area contributed by atoms with E-state index in [4.69, 9.17) is 0 Å². The van der Waals surface area contributed by atoms with Crippen LogP contribution in [0.5, 0.6) is 0 Å². The van der Waals surface area contributed by atoms with Crippen molar-refractivity contribution in [2.45, 2.75) is 31.5 Å². The van der Waals surface area contributed by atoms with E-state index >= 15 is 0 Å². The van der Waals surface area contributed by atoms with Gasteiger partial charge in [0.05, 0.1) is 6.54 Å². The van der Waals surface area contributed by atoms with Gasteiger partial charge in [0, 0.05) is 26.2 Å². The molecule has 22 heavy (non-hydrogen) atoms. The van der Waals surface area contributed by atoms with Crippen LogP contribution in [-0.4, -0.2) is 67.6 Å². The van der Waals surface area contributed by atoms with Crippen molar-refractivity contribution in [3.63, 3.8) is 0 Å². The van der Waals surface area contributed by atoms with Crippen molar-refractivity contribution >= 4 is 11.8 Å². The van der Waals surface area contributed by atoms with Gasteiger partial charge in [0.15, 0.2) is 0 Å². The fourth-order valence-corrected chi connectivity index (χ4v) is 2.27. The molecular formula is C14H22F3N3O2. The van der Waals surface area contributed by atoms with Crippen LogP contribution in [0.15, 0.2) is 12.2 Å². The summed E-state index contributed by atoms with van der Waals surface area (Å²) in [4.78, 5) is 26.2. The van der Waals surface area contributed by atoms with E-state index < -0.39 is 18.8 Å². The predicted octanol–water partition coefficient (Wildman–Crippen LogP) is 1.16. The summed E-state index contributed by atoms with van der Waals surface area (Å²) < 4.78 is 36.5. The van der Waals surface area contributed by atoms with Crippen LogP contribution < -0.4 is 5.32 Å². The van der Waals surface area contributed by atoms with E-state index in [1.807, 2.05) is 0 Å². The summed E-state index contributed by atoms with van der Waals surface area (Å²) in [6, 6.07) is -0.521. The van der Waals surface area contributed by atoms with Crippen LogP contribution in [0.2, 0.25) is 0 Å². The normalized spacial score (nSPS) is 20.1. The monoisotopic (exact) mass is 321 g/mol. The maximum Gasteiger partial charge on any atom is 0.401 e. The van der Waals surface area contributed by atoms with Gasteiger partial charge in [0.25, 0.3) is 0 Å². The van der Waals surface area contributed by atoms with Crippen molar-refractivity contribution in [3.05, 3.63) is 12.2 Å². The summed E-state index contributed by atoms with van der Waals surface area (Å²) in [6.45, 7) is -0.419. The molecule has 1 aliphatic heterocycles. The molecule has 0 radical (unpaired) electrons. The van der Waals surface area contributed by atoms with Gasteiger partial charge in [-0.3, -0.25) is 14.5 Å². The number of alkyl halides is 3. The molecule has 126 valence electrons. The van der Waals surface area contributed by atoms with Crippen molar-refractivity contribution < 1.29 is 22.8 Å². The summed E-state index contributed by atoms with van der Waals surface area (Å²) in [5.74, 6) is -0.571. The Morgan fingerprint density at radius 1 is 1.36 bits per heavy atom. The molecule has 0 aromatic heterocycles. The second-order valence-corrected chi connectivity index (χ2v) is 5.47. The number of carbonyl (C=O) groups is 2. The van der Waals surface area contributed by atoms with Crippen LogP contribution in [0.25, 0.3) is 0 Å². The second kappa shape index (κ2) is 8.17. The SMILES string of the molecule is CN(C/C=C/C(=O)N(C)C1CCCCNC1=O)CC(F)(F)F. The molecule has 5 nitrogen and oxygen atoms in total. The van der Waals surface area contributed by atoms with Crippen molar-refractivity contribution in [2.24, 2.45) is 0 Å². The Morgan fingerprint density at radius 3 is 2.68 bits per heavy atom. The van der Waals surface area contributed by atoms with Crippen LogP contribution in [0, 0.1) is 0 Å². The Hall–Kier alpha value is -1.57. The highest BCUT2D eigenvalue weighted by Gasteiger charge is 2.29. The highest BCUT2D eigenvalue weighted by atomic mass is 19.4. The second-order valence-electron chi connectivity index (χ2n) is 5.47. The Balaban J connectivity index is 2.49. The molecule has 1 rings (SSSR count). The number of hydrogen-bond acceptors (Lipinski definition) is 3. The van der Waals surface area contributed by atoms with Crippen LogP contribution in [0.1, 0.15) is 19.3 Å². The largest absolute Gasteiger partial charge is 0.401 e. The Morgan fingerprint density at radius 2 is 2.05 bits per heavy atom. The molecule has 1 saturated heterocycles. The Labute approximate surface area is 128 Å². The predicted molar refractivity (Wildman–Crippen MR) is 76.1 cm³/mol. The summed E-state index contributed by atoms with van der Waals surface area (Å²) >= 11 is 0. The summed E-state index contributed by atoms with van der Waals surface area (Å²) in [5, 5.41) is 2.74. The third-order valence-corrected chi connectivity index (χ3v) is 3.45. The van der Waals surface area contributed by atoms with E-state index in [1.165, 1.54) is 31.1 Å². The van der Waals surface area contributed by atoms with Crippen LogP contribution in [0.3, 0.4) is 0 Å². The molecule has 1 unspecified atom stereocenters. The number of nitrogens with one attached hydrogen (secondary N) is 1. The van der Waals surface area contributed by atoms with Crippen molar-refractivity contribution in [2.75, 3.05) is 33.7 Å². The van der Waals surface area contributed by atoms with Gasteiger partial charge in [0.2, 0.25) is 11.8 Å². The molecule has 1 aliphatic rings. The molecule has 0 spiro atoms. The molecule has 0 saturated carbocycles. The molecule has 0 aromatic rings. The first-order chi connectivity index (χ1) is 10.2. The minimum Gasteiger partial charge on any atom is -0.354 e. The van der Waals surface area contributed by atoms with Crippen molar-refractivity contribution in [1.82, 2.24) is 15.1 Å². The van der Waals surface area contributed by atoms with Gasteiger partial charge in [0.1, 0.15) is 6.04 Å². The average Bonchev–Trinajstić information content (AvgIpc) is 2.60. The fraction of sp³-hybridized carbons (Fsp3) is 0.714. The van der Waals surface area contributed by atoms with Crippen molar-refractivity contribution in [1.29, 1.82) is 0 Å². The lowest BCUT2D eigenvalue weighted by Crippen LogP contribution is -2.46. The maximum absolute atomic E-state index is 12.2. The zero-order valence-corrected chi connectivity index (χ0v) is 12.8. The number of hydrogen-bond donors (Lipinski definition) is 1. The molecule has 1 fully saturated rings. The first-order valence-electron chi connectivity index (χ1n) is 7.17. The van der Waals surface area contributed by atoms with Crippen LogP contribution in [0.4, 0.5) is 13.2 Å². The quantitative estimate of drug-likeness (QED) is 0.773. The third-order valence-electron chi connectivity index (χ3n) is 3.45. The van der Waals surface area contributed by atoms with E-state index in [2.05, 4.69) is 5.32 Å². The minimum absolute atomic E-state index is 0.00987. The first-order valence-corrected chi connectivity index (χ1v) is 7.17. The van der Waals surface area contributed by atoms with Crippen LogP contribution >= 0.6 is 0 Å². The smallest absolute Gasteiger partial charge is 0.354 e. The Kier molecular flexibility index (Phi) is 6.86. The average molecular weight is 321 g/mol. The molecule has 2 amide bonds. The van der Waals surface area contributed by atoms with E-state index in [-0.39, 0.29) is 18.4 Å². The molecule has 1 heterocycles. The summed E-state index contributed by atoms with van der Waals surface area (Å²) in [6.07, 6.45) is 0.642. The third kappa shape index (κ3) is 6.46. The molecule has 0 aromatic carbocycles. The van der Waals surface area contributed by atoms with Gasteiger partial charge in [-0.2, -0.15) is 13.2 Å². The van der Waals surface area contributed by atoms with Gasteiger partial charge in [-0.1, -0.05) is 6.08 Å². The number of nitrogens with zero attached hydrogens (tertiary/aromatic N) is 2. The minimum atomic E-state index is -4.26. The molecule has 1 atom stereocenters. The topological polar surface area (TPSA) is 52.7 Å². The molecular weight excluding hydrogens is 299 g/mol. The highest BCUT2D eigenvalue weighted by Crippen LogP contribution is 2.15. The zero-order valence-electron chi connectivity index (χ0n) is 12.8. The lowest BCUT2D eigenvalue weighted by atomic mass is 10.1. The van der Waals surface area contributed by atoms with Crippen molar-refractivity contribution in [3.8, 4) is 0 Å². The number of halogens is 3. The lowest BCUT2D eigenvalue weighted by Gasteiger charge is -2.24. The van der Waals surface area contributed by atoms with Crippen LogP contribution in [-0.2, 0) is 9.59 Å². The van der Waals surface area contributed by atoms with E-state index in [1.54, 1.807) is 0 Å². The Bertz CT molecular complexity index is 424. The summed E-state index contributed by atoms with van der Waals surface area (Å²) in [7, 11) is 2.85. The van der Waals surface area contributed by atoms with Gasteiger partial charge >= 0.3 is 6.18 Å². The van der Waals surface area contributed by atoms with E-state index in [0.29, 0.717) is 13.0 Å². The highest BCUT2D eigenvalue weighted by molar-refractivity contribution is 5.92. The number of rotatable bonds is 5. The standard InChI is InChI=1S/C14H22F3N3O2/c1-19(10-14(15,16)17)9-5-7-12(21)20(2)11-6-3-4-8-18-13(11)22/h5,7,11H,3-4,6,8-10H2,1-2H3,(H,18,22)/b7-5+. The fourth-order valence-electron chi connectivity index (χ4n) is 2.27. The van der Waals surface area contributed by atoms with Gasteiger partial charge in [-0.15, -0.1) is 0 Å². The maximum atomic E-state index is 12.2. The number of amides is 2. The molecule has 0 bridgehead atoms. The number of carbonyl (C=O) groups excluding carboxylic acids is 2. The zero-order chi connectivity index (χ0) is 16.8. The van der Waals surface area contributed by atoms with E-state index in [0.717, 1.165) is 17.7 Å². The van der Waals surface area contributed by atoms with Gasteiger partial charge in [-0.05, 0) is 26.3 Å². The molecule has 1 N–H and O–H groups in total. The first kappa shape index (κ1) is 18.5. The molecule has 0 aliphatic carbocycles. The summed E-state index contributed by atoms with van der Waals surface area (Å²) in [5.41, 5.74) is 0. The van der Waals surface area contributed by atoms with Gasteiger partial charge < -0.3 is 10.2 Å².